The molecule has 2 heteroatoms. The number of halogens is 1. The van der Waals surface area contributed by atoms with Gasteiger partial charge in [-0.25, -0.2) is 0 Å². The van der Waals surface area contributed by atoms with Crippen molar-refractivity contribution in [3.8, 4) is 0 Å². The number of hydrogen-bond acceptors (Lipinski definition) is 0. The van der Waals surface area contributed by atoms with Crippen LogP contribution in [0.25, 0.3) is 0 Å². The van der Waals surface area contributed by atoms with Gasteiger partial charge in [0, 0.05) is 13.4 Å². The van der Waals surface area contributed by atoms with Crippen molar-refractivity contribution in [2.24, 2.45) is 11.8 Å². The predicted molar refractivity (Wildman–Crippen MR) is 58.2 cm³/mol. The van der Waals surface area contributed by atoms with Crippen LogP contribution in [-0.4, -0.2) is 13.4 Å². The van der Waals surface area contributed by atoms with Crippen LogP contribution in [0.1, 0.15) is 12.8 Å². The first-order valence-electron chi connectivity index (χ1n) is 4.57. The Bertz CT molecular complexity index is 122. The lowest BCUT2D eigenvalue weighted by Crippen LogP contribution is -2.32. The third kappa shape index (κ3) is 3.28. The number of alkyl halides is 1. The maximum Gasteiger partial charge on any atom is 0.0445 e. The van der Waals surface area contributed by atoms with Crippen LogP contribution < -0.4 is 0 Å². The van der Waals surface area contributed by atoms with Crippen molar-refractivity contribution in [1.82, 2.24) is 0 Å². The smallest absolute Gasteiger partial charge is 0.0445 e. The molecule has 1 saturated carbocycles. The van der Waals surface area contributed by atoms with Crippen LogP contribution in [0.3, 0.4) is 0 Å². The molecule has 0 unspecified atom stereocenters. The SMILES string of the molecule is C[Si](C)(C)CC1CC(CBr)C1. The number of hydrogen-bond donors (Lipinski definition) is 0. The van der Waals surface area contributed by atoms with Gasteiger partial charge in [-0.2, -0.15) is 0 Å². The lowest BCUT2D eigenvalue weighted by Gasteiger charge is -2.37. The monoisotopic (exact) mass is 234 g/mol. The summed E-state index contributed by atoms with van der Waals surface area (Å²) in [7, 11) is -0.748. The van der Waals surface area contributed by atoms with Crippen molar-refractivity contribution < 1.29 is 0 Å². The van der Waals surface area contributed by atoms with Gasteiger partial charge in [-0.15, -0.1) is 0 Å². The van der Waals surface area contributed by atoms with Crippen LogP contribution in [0.2, 0.25) is 25.7 Å². The Morgan fingerprint density at radius 3 is 2.09 bits per heavy atom. The van der Waals surface area contributed by atoms with Gasteiger partial charge in [0.05, 0.1) is 0 Å². The molecule has 1 aliphatic carbocycles. The Kier molecular flexibility index (Phi) is 3.21. The van der Waals surface area contributed by atoms with E-state index in [0.29, 0.717) is 0 Å². The quantitative estimate of drug-likeness (QED) is 0.516. The Morgan fingerprint density at radius 2 is 1.73 bits per heavy atom. The van der Waals surface area contributed by atoms with Gasteiger partial charge >= 0.3 is 0 Å². The van der Waals surface area contributed by atoms with Gasteiger partial charge in [-0.1, -0.05) is 41.6 Å². The maximum atomic E-state index is 3.54. The molecule has 1 rings (SSSR count). The summed E-state index contributed by atoms with van der Waals surface area (Å²) in [5.41, 5.74) is 0. The molecule has 0 nitrogen and oxygen atoms in total. The molecular formula is C9H19BrSi. The van der Waals surface area contributed by atoms with Gasteiger partial charge in [-0.3, -0.25) is 0 Å². The zero-order valence-electron chi connectivity index (χ0n) is 7.86. The molecule has 0 radical (unpaired) electrons. The Balaban J connectivity index is 2.14. The van der Waals surface area contributed by atoms with Crippen LogP contribution in [-0.2, 0) is 0 Å². The van der Waals surface area contributed by atoms with Crippen LogP contribution in [0, 0.1) is 11.8 Å². The molecule has 0 amide bonds. The summed E-state index contributed by atoms with van der Waals surface area (Å²) in [6.45, 7) is 7.44. The second kappa shape index (κ2) is 3.61. The van der Waals surface area contributed by atoms with E-state index < -0.39 is 8.07 Å². The summed E-state index contributed by atoms with van der Waals surface area (Å²) in [6.07, 6.45) is 2.99. The van der Waals surface area contributed by atoms with Gasteiger partial charge < -0.3 is 0 Å². The fourth-order valence-corrected chi connectivity index (χ4v) is 4.63. The van der Waals surface area contributed by atoms with E-state index in [1.54, 1.807) is 6.04 Å². The van der Waals surface area contributed by atoms with E-state index in [9.17, 15) is 0 Å². The van der Waals surface area contributed by atoms with Gasteiger partial charge in [0.2, 0.25) is 0 Å². The van der Waals surface area contributed by atoms with Crippen LogP contribution in [0.15, 0.2) is 0 Å². The van der Waals surface area contributed by atoms with Gasteiger partial charge in [0.25, 0.3) is 0 Å². The molecule has 66 valence electrons. The highest BCUT2D eigenvalue weighted by Gasteiger charge is 2.31. The summed E-state index contributed by atoms with van der Waals surface area (Å²) in [6, 6.07) is 1.55. The van der Waals surface area contributed by atoms with Crippen LogP contribution in [0.4, 0.5) is 0 Å². The molecule has 0 saturated heterocycles. The van der Waals surface area contributed by atoms with Crippen molar-refractivity contribution >= 4 is 24.0 Å². The Hall–Kier alpha value is 0.697. The van der Waals surface area contributed by atoms with Crippen molar-refractivity contribution in [3.05, 3.63) is 0 Å². The van der Waals surface area contributed by atoms with E-state index in [0.717, 1.165) is 11.8 Å². The van der Waals surface area contributed by atoms with E-state index in [1.165, 1.54) is 18.2 Å². The summed E-state index contributed by atoms with van der Waals surface area (Å²) in [4.78, 5) is 0. The first-order valence-corrected chi connectivity index (χ1v) is 9.40. The minimum atomic E-state index is -0.748. The van der Waals surface area contributed by atoms with Crippen molar-refractivity contribution in [1.29, 1.82) is 0 Å². The normalized spacial score (nSPS) is 31.6. The van der Waals surface area contributed by atoms with E-state index in [-0.39, 0.29) is 0 Å². The van der Waals surface area contributed by atoms with Crippen LogP contribution in [0.5, 0.6) is 0 Å². The van der Waals surface area contributed by atoms with Crippen molar-refractivity contribution in [3.63, 3.8) is 0 Å². The third-order valence-electron chi connectivity index (χ3n) is 2.45. The molecule has 0 N–H and O–H groups in total. The largest absolute Gasteiger partial charge is 0.0925 e. The summed E-state index contributed by atoms with van der Waals surface area (Å²) >= 11 is 3.54. The Labute approximate surface area is 79.9 Å². The summed E-state index contributed by atoms with van der Waals surface area (Å²) < 4.78 is 0. The lowest BCUT2D eigenvalue weighted by molar-refractivity contribution is 0.237. The van der Waals surface area contributed by atoms with Gasteiger partial charge in [0.1, 0.15) is 0 Å². The van der Waals surface area contributed by atoms with Crippen LogP contribution >= 0.6 is 15.9 Å². The molecule has 1 fully saturated rings. The maximum absolute atomic E-state index is 3.54. The highest BCUT2D eigenvalue weighted by Crippen LogP contribution is 2.39. The highest BCUT2D eigenvalue weighted by molar-refractivity contribution is 9.09. The second-order valence-corrected chi connectivity index (χ2v) is 11.3. The topological polar surface area (TPSA) is 0 Å². The first kappa shape index (κ1) is 9.78. The molecule has 1 aliphatic rings. The molecule has 0 aromatic rings. The van der Waals surface area contributed by atoms with E-state index in [4.69, 9.17) is 0 Å². The first-order chi connectivity index (χ1) is 5.01. The van der Waals surface area contributed by atoms with Gasteiger partial charge in [0.15, 0.2) is 0 Å². The molecular weight excluding hydrogens is 216 g/mol. The molecule has 0 aromatic carbocycles. The van der Waals surface area contributed by atoms with Gasteiger partial charge in [-0.05, 0) is 24.7 Å². The zero-order valence-corrected chi connectivity index (χ0v) is 10.4. The minimum Gasteiger partial charge on any atom is -0.0925 e. The molecule has 0 aromatic heterocycles. The summed E-state index contributed by atoms with van der Waals surface area (Å²) in [5.74, 6) is 2.10. The second-order valence-electron chi connectivity index (χ2n) is 5.12. The minimum absolute atomic E-state index is 0.748. The molecule has 0 spiro atoms. The molecule has 11 heavy (non-hydrogen) atoms. The average molecular weight is 235 g/mol. The van der Waals surface area contributed by atoms with E-state index in [1.807, 2.05) is 0 Å². The Morgan fingerprint density at radius 1 is 1.18 bits per heavy atom. The van der Waals surface area contributed by atoms with Crippen molar-refractivity contribution in [2.45, 2.75) is 38.5 Å². The van der Waals surface area contributed by atoms with E-state index in [2.05, 4.69) is 35.6 Å². The zero-order chi connectivity index (χ0) is 8.48. The summed E-state index contributed by atoms with van der Waals surface area (Å²) in [5, 5.41) is 1.23. The number of rotatable bonds is 3. The highest BCUT2D eigenvalue weighted by atomic mass is 79.9. The predicted octanol–water partition coefficient (Wildman–Crippen LogP) is 3.75. The standard InChI is InChI=1S/C9H19BrSi/c1-11(2,3)7-9-4-8(5-9)6-10/h8-9H,4-7H2,1-3H3. The lowest BCUT2D eigenvalue weighted by atomic mass is 9.77. The molecule has 0 heterocycles. The fourth-order valence-electron chi connectivity index (χ4n) is 2.03. The fraction of sp³-hybridized carbons (Fsp3) is 1.00. The van der Waals surface area contributed by atoms with Crippen molar-refractivity contribution in [2.75, 3.05) is 5.33 Å². The third-order valence-corrected chi connectivity index (χ3v) is 5.17. The molecule has 0 bridgehead atoms. The molecule has 0 atom stereocenters. The average Bonchev–Trinajstić information content (AvgIpc) is 1.75. The van der Waals surface area contributed by atoms with E-state index >= 15 is 0 Å². The molecule has 0 aliphatic heterocycles.